The highest BCUT2D eigenvalue weighted by Crippen LogP contribution is 2.26. The molecule has 32 heavy (non-hydrogen) atoms. The zero-order chi connectivity index (χ0) is 23.0. The Balaban J connectivity index is 1.74. The molecule has 1 fully saturated rings. The quantitative estimate of drug-likeness (QED) is 0.294. The number of para-hydroxylation sites is 1. The van der Waals surface area contributed by atoms with Crippen LogP contribution in [0.25, 0.3) is 11.8 Å². The monoisotopic (exact) mass is 430 g/mol. The van der Waals surface area contributed by atoms with E-state index in [0.717, 1.165) is 16.3 Å². The van der Waals surface area contributed by atoms with Gasteiger partial charge in [0.25, 0.3) is 17.5 Å². The lowest BCUT2D eigenvalue weighted by molar-refractivity contribution is -0.384. The average molecular weight is 430 g/mol. The summed E-state index contributed by atoms with van der Waals surface area (Å²) in [5.74, 6) is -1.49. The smallest absolute Gasteiger partial charge is 0.318 e. The lowest BCUT2D eigenvalue weighted by Crippen LogP contribution is -2.54. The Hall–Kier alpha value is -4.53. The Labute approximate surface area is 182 Å². The van der Waals surface area contributed by atoms with E-state index in [-0.39, 0.29) is 11.3 Å². The van der Waals surface area contributed by atoms with Crippen LogP contribution in [0.1, 0.15) is 17.0 Å². The van der Waals surface area contributed by atoms with Gasteiger partial charge in [0.1, 0.15) is 5.57 Å². The molecule has 0 saturated carbocycles. The van der Waals surface area contributed by atoms with Crippen LogP contribution >= 0.6 is 0 Å². The summed E-state index contributed by atoms with van der Waals surface area (Å²) in [5.41, 5.74) is 3.02. The molecule has 9 heteroatoms. The summed E-state index contributed by atoms with van der Waals surface area (Å²) < 4.78 is 1.86. The molecule has 1 aliphatic heterocycles. The third kappa shape index (κ3) is 3.56. The van der Waals surface area contributed by atoms with Crippen molar-refractivity contribution in [1.29, 1.82) is 0 Å². The maximum absolute atomic E-state index is 13.0. The molecule has 1 N–H and O–H groups in total. The third-order valence-corrected chi connectivity index (χ3v) is 5.20. The van der Waals surface area contributed by atoms with Crippen molar-refractivity contribution in [2.24, 2.45) is 0 Å². The number of nitrogens with zero attached hydrogens (tertiary/aromatic N) is 3. The fourth-order valence-corrected chi connectivity index (χ4v) is 3.68. The number of carbonyl (C=O) groups is 3. The van der Waals surface area contributed by atoms with Gasteiger partial charge in [-0.2, -0.15) is 0 Å². The maximum Gasteiger partial charge on any atom is 0.335 e. The first kappa shape index (κ1) is 20.7. The molecule has 1 saturated heterocycles. The largest absolute Gasteiger partial charge is 0.335 e. The van der Waals surface area contributed by atoms with Crippen LogP contribution in [-0.4, -0.2) is 27.3 Å². The molecular weight excluding hydrogens is 412 g/mol. The Bertz CT molecular complexity index is 1290. The lowest BCUT2D eigenvalue weighted by Gasteiger charge is -2.26. The summed E-state index contributed by atoms with van der Waals surface area (Å²) in [7, 11) is 0. The number of anilines is 1. The van der Waals surface area contributed by atoms with Gasteiger partial charge in [-0.1, -0.05) is 18.2 Å². The summed E-state index contributed by atoms with van der Waals surface area (Å²) in [6.45, 7) is 3.66. The molecule has 0 unspecified atom stereocenters. The number of nitrogens with one attached hydrogen (secondary N) is 1. The normalized spacial score (nSPS) is 15.2. The molecule has 0 bridgehead atoms. The molecule has 1 aromatic heterocycles. The number of carbonyl (C=O) groups excluding carboxylic acids is 3. The molecule has 4 amide bonds. The molecule has 0 radical (unpaired) electrons. The average Bonchev–Trinajstić information content (AvgIpc) is 3.04. The van der Waals surface area contributed by atoms with Crippen LogP contribution in [0.4, 0.5) is 16.2 Å². The van der Waals surface area contributed by atoms with E-state index in [4.69, 9.17) is 0 Å². The van der Waals surface area contributed by atoms with Crippen LogP contribution in [0.3, 0.4) is 0 Å². The molecule has 0 atom stereocenters. The van der Waals surface area contributed by atoms with Crippen molar-refractivity contribution < 1.29 is 19.3 Å². The van der Waals surface area contributed by atoms with E-state index in [1.165, 1.54) is 18.2 Å². The summed E-state index contributed by atoms with van der Waals surface area (Å²) in [6, 6.07) is 15.4. The highest BCUT2D eigenvalue weighted by atomic mass is 16.6. The third-order valence-electron chi connectivity index (χ3n) is 5.20. The number of aryl methyl sites for hydroxylation is 1. The second-order valence-corrected chi connectivity index (χ2v) is 7.23. The molecule has 3 aromatic rings. The van der Waals surface area contributed by atoms with Crippen LogP contribution in [0.5, 0.6) is 0 Å². The van der Waals surface area contributed by atoms with Crippen LogP contribution in [-0.2, 0) is 9.59 Å². The van der Waals surface area contributed by atoms with Crippen molar-refractivity contribution in [2.45, 2.75) is 13.8 Å². The first-order valence-electron chi connectivity index (χ1n) is 9.68. The van der Waals surface area contributed by atoms with Gasteiger partial charge >= 0.3 is 6.03 Å². The summed E-state index contributed by atoms with van der Waals surface area (Å²) >= 11 is 0. The molecule has 0 spiro atoms. The van der Waals surface area contributed by atoms with Gasteiger partial charge in [0.05, 0.1) is 10.6 Å². The number of aromatic nitrogens is 1. The molecular formula is C23H18N4O5. The van der Waals surface area contributed by atoms with Gasteiger partial charge < -0.3 is 4.57 Å². The van der Waals surface area contributed by atoms with E-state index in [9.17, 15) is 24.5 Å². The number of non-ortho nitro benzene ring substituents is 1. The van der Waals surface area contributed by atoms with E-state index in [2.05, 4.69) is 5.32 Å². The number of imide groups is 2. The van der Waals surface area contributed by atoms with Crippen molar-refractivity contribution in [3.63, 3.8) is 0 Å². The molecule has 160 valence electrons. The Kier molecular flexibility index (Phi) is 5.15. The highest BCUT2D eigenvalue weighted by Gasteiger charge is 2.36. The predicted octanol–water partition coefficient (Wildman–Crippen LogP) is 3.67. The highest BCUT2D eigenvalue weighted by molar-refractivity contribution is 6.39. The van der Waals surface area contributed by atoms with Gasteiger partial charge in [0.15, 0.2) is 0 Å². The minimum Gasteiger partial charge on any atom is -0.318 e. The van der Waals surface area contributed by atoms with E-state index in [1.807, 2.05) is 18.4 Å². The van der Waals surface area contributed by atoms with Crippen molar-refractivity contribution in [3.8, 4) is 5.69 Å². The van der Waals surface area contributed by atoms with Crippen molar-refractivity contribution in [2.75, 3.05) is 4.90 Å². The molecule has 2 heterocycles. The number of benzene rings is 2. The molecule has 2 aromatic carbocycles. The Morgan fingerprint density at radius 1 is 0.938 bits per heavy atom. The number of urea groups is 1. The van der Waals surface area contributed by atoms with Crippen LogP contribution < -0.4 is 10.2 Å². The van der Waals surface area contributed by atoms with Crippen molar-refractivity contribution in [3.05, 3.63) is 93.3 Å². The second-order valence-electron chi connectivity index (χ2n) is 7.23. The molecule has 0 aliphatic carbocycles. The maximum atomic E-state index is 13.0. The van der Waals surface area contributed by atoms with Gasteiger partial charge in [-0.25, -0.2) is 9.69 Å². The molecule has 1 aliphatic rings. The number of nitro groups is 1. The number of nitro benzene ring substituents is 1. The predicted molar refractivity (Wildman–Crippen MR) is 117 cm³/mol. The SMILES string of the molecule is Cc1cc(/C=C2\C(=O)NC(=O)N(c3ccccc3)C2=O)c(C)n1-c1ccc([N+](=O)[O-])cc1. The fourth-order valence-electron chi connectivity index (χ4n) is 3.68. The number of rotatable bonds is 4. The number of amides is 4. The van der Waals surface area contributed by atoms with E-state index < -0.39 is 22.8 Å². The minimum absolute atomic E-state index is 0.0197. The standard InChI is InChI=1S/C23H18N4O5/c1-14-12-16(15(2)25(14)18-8-10-19(11-9-18)27(31)32)13-20-21(28)24-23(30)26(22(20)29)17-6-4-3-5-7-17/h3-13H,1-2H3,(H,24,28,30)/b20-13+. The van der Waals surface area contributed by atoms with Gasteiger partial charge in [-0.3, -0.25) is 25.0 Å². The van der Waals surface area contributed by atoms with Gasteiger partial charge in [0, 0.05) is 29.2 Å². The first-order chi connectivity index (χ1) is 15.3. The summed E-state index contributed by atoms with van der Waals surface area (Å²) in [4.78, 5) is 49.1. The first-order valence-corrected chi connectivity index (χ1v) is 9.68. The zero-order valence-corrected chi connectivity index (χ0v) is 17.2. The van der Waals surface area contributed by atoms with E-state index >= 15 is 0 Å². The second kappa shape index (κ2) is 7.95. The van der Waals surface area contributed by atoms with Crippen LogP contribution in [0.15, 0.2) is 66.2 Å². The lowest BCUT2D eigenvalue weighted by atomic mass is 10.1. The summed E-state index contributed by atoms with van der Waals surface area (Å²) in [5, 5.41) is 13.1. The number of hydrogen-bond donors (Lipinski definition) is 1. The van der Waals surface area contributed by atoms with Gasteiger partial charge in [0.2, 0.25) is 0 Å². The van der Waals surface area contributed by atoms with E-state index in [1.54, 1.807) is 48.5 Å². The van der Waals surface area contributed by atoms with Crippen LogP contribution in [0, 0.1) is 24.0 Å². The van der Waals surface area contributed by atoms with Crippen molar-refractivity contribution in [1.82, 2.24) is 9.88 Å². The zero-order valence-electron chi connectivity index (χ0n) is 17.2. The van der Waals surface area contributed by atoms with E-state index in [0.29, 0.717) is 16.9 Å². The Morgan fingerprint density at radius 3 is 2.22 bits per heavy atom. The Morgan fingerprint density at radius 2 is 1.59 bits per heavy atom. The molecule has 4 rings (SSSR count). The topological polar surface area (TPSA) is 115 Å². The van der Waals surface area contributed by atoms with Gasteiger partial charge in [-0.05, 0) is 55.8 Å². The fraction of sp³-hybridized carbons (Fsp3) is 0.0870. The summed E-state index contributed by atoms with van der Waals surface area (Å²) in [6.07, 6.45) is 1.45. The van der Waals surface area contributed by atoms with Crippen molar-refractivity contribution >= 4 is 35.3 Å². The molecule has 9 nitrogen and oxygen atoms in total. The number of hydrogen-bond acceptors (Lipinski definition) is 5. The van der Waals surface area contributed by atoms with Gasteiger partial charge in [-0.15, -0.1) is 0 Å². The minimum atomic E-state index is -0.806. The number of barbiturate groups is 1. The van der Waals surface area contributed by atoms with Crippen LogP contribution in [0.2, 0.25) is 0 Å².